The normalized spacial score (nSPS) is 11.0. The maximum atomic E-state index is 12.6. The van der Waals surface area contributed by atoms with E-state index in [-0.39, 0.29) is 16.9 Å². The summed E-state index contributed by atoms with van der Waals surface area (Å²) in [6, 6.07) is 13.6. The molecule has 0 radical (unpaired) electrons. The third-order valence-corrected chi connectivity index (χ3v) is 3.81. The fourth-order valence-corrected chi connectivity index (χ4v) is 2.42. The number of rotatable bonds is 4. The van der Waals surface area contributed by atoms with Gasteiger partial charge >= 0.3 is 6.18 Å². The fraction of sp³-hybridized carbons (Fsp3) is 0.0500. The van der Waals surface area contributed by atoms with Gasteiger partial charge in [-0.2, -0.15) is 13.2 Å². The Kier molecular flexibility index (Phi) is 5.39. The van der Waals surface area contributed by atoms with Crippen molar-refractivity contribution < 1.29 is 22.8 Å². The molecular formula is C20H14F3N3O2. The second-order valence-electron chi connectivity index (χ2n) is 5.77. The van der Waals surface area contributed by atoms with Crippen LogP contribution in [0, 0.1) is 0 Å². The Morgan fingerprint density at radius 2 is 1.54 bits per heavy atom. The van der Waals surface area contributed by atoms with Gasteiger partial charge in [0.25, 0.3) is 11.8 Å². The summed E-state index contributed by atoms with van der Waals surface area (Å²) in [5, 5.41) is 5.15. The first-order valence-corrected chi connectivity index (χ1v) is 8.13. The number of carbonyl (C=O) groups is 2. The maximum Gasteiger partial charge on any atom is 0.416 e. The van der Waals surface area contributed by atoms with E-state index in [2.05, 4.69) is 15.6 Å². The molecule has 0 saturated carbocycles. The van der Waals surface area contributed by atoms with Crippen LogP contribution in [-0.4, -0.2) is 16.8 Å². The lowest BCUT2D eigenvalue weighted by molar-refractivity contribution is -0.137. The largest absolute Gasteiger partial charge is 0.416 e. The van der Waals surface area contributed by atoms with Crippen molar-refractivity contribution in [1.82, 2.24) is 4.98 Å². The number of benzene rings is 2. The van der Waals surface area contributed by atoms with Crippen LogP contribution < -0.4 is 10.6 Å². The predicted molar refractivity (Wildman–Crippen MR) is 98.0 cm³/mol. The highest BCUT2D eigenvalue weighted by Crippen LogP contribution is 2.30. The van der Waals surface area contributed by atoms with Gasteiger partial charge in [-0.05, 0) is 48.5 Å². The quantitative estimate of drug-likeness (QED) is 0.689. The summed E-state index contributed by atoms with van der Waals surface area (Å²) >= 11 is 0. The van der Waals surface area contributed by atoms with Gasteiger partial charge in [0.2, 0.25) is 0 Å². The van der Waals surface area contributed by atoms with E-state index in [0.29, 0.717) is 5.56 Å². The summed E-state index contributed by atoms with van der Waals surface area (Å²) in [5.41, 5.74) is 0.141. The molecule has 0 saturated heterocycles. The van der Waals surface area contributed by atoms with Crippen LogP contribution in [0.25, 0.3) is 0 Å². The molecule has 0 spiro atoms. The van der Waals surface area contributed by atoms with Crippen LogP contribution in [0.2, 0.25) is 0 Å². The molecule has 0 aliphatic carbocycles. The second-order valence-corrected chi connectivity index (χ2v) is 5.77. The molecule has 0 fully saturated rings. The van der Waals surface area contributed by atoms with Crippen molar-refractivity contribution in [2.24, 2.45) is 0 Å². The molecule has 2 aromatic carbocycles. The Morgan fingerprint density at radius 1 is 0.821 bits per heavy atom. The van der Waals surface area contributed by atoms with Crippen molar-refractivity contribution in [2.45, 2.75) is 6.18 Å². The Labute approximate surface area is 158 Å². The first kappa shape index (κ1) is 19.1. The van der Waals surface area contributed by atoms with E-state index >= 15 is 0 Å². The fourth-order valence-electron chi connectivity index (χ4n) is 2.42. The lowest BCUT2D eigenvalue weighted by atomic mass is 10.1. The number of para-hydroxylation sites is 1. The van der Waals surface area contributed by atoms with E-state index in [1.54, 1.807) is 30.3 Å². The van der Waals surface area contributed by atoms with E-state index < -0.39 is 23.6 Å². The van der Waals surface area contributed by atoms with Gasteiger partial charge in [-0.15, -0.1) is 0 Å². The summed E-state index contributed by atoms with van der Waals surface area (Å²) in [7, 11) is 0. The highest BCUT2D eigenvalue weighted by molar-refractivity contribution is 6.12. The molecule has 3 rings (SSSR count). The zero-order chi connectivity index (χ0) is 20.1. The highest BCUT2D eigenvalue weighted by Gasteiger charge is 2.30. The molecule has 1 heterocycles. The van der Waals surface area contributed by atoms with Crippen molar-refractivity contribution in [2.75, 3.05) is 10.6 Å². The van der Waals surface area contributed by atoms with Crippen molar-refractivity contribution in [3.05, 3.63) is 89.7 Å². The zero-order valence-electron chi connectivity index (χ0n) is 14.3. The third-order valence-electron chi connectivity index (χ3n) is 3.81. The number of amides is 2. The summed E-state index contributed by atoms with van der Waals surface area (Å²) < 4.78 is 37.9. The molecule has 1 aromatic heterocycles. The van der Waals surface area contributed by atoms with Crippen LogP contribution in [0.4, 0.5) is 24.5 Å². The van der Waals surface area contributed by atoms with Gasteiger partial charge in [-0.3, -0.25) is 14.6 Å². The van der Waals surface area contributed by atoms with Gasteiger partial charge in [0.15, 0.2) is 0 Å². The number of carbonyl (C=O) groups excluding carboxylic acids is 2. The molecule has 2 amide bonds. The van der Waals surface area contributed by atoms with Gasteiger partial charge in [-0.1, -0.05) is 12.1 Å². The number of alkyl halides is 3. The summed E-state index contributed by atoms with van der Waals surface area (Å²) in [5.74, 6) is -1.01. The molecule has 0 bridgehead atoms. The molecule has 5 nitrogen and oxygen atoms in total. The lowest BCUT2D eigenvalue weighted by Crippen LogP contribution is -2.18. The molecule has 0 atom stereocenters. The van der Waals surface area contributed by atoms with Crippen LogP contribution in [-0.2, 0) is 6.18 Å². The number of nitrogens with zero attached hydrogens (tertiary/aromatic N) is 1. The third kappa shape index (κ3) is 4.53. The molecular weight excluding hydrogens is 371 g/mol. The Balaban J connectivity index is 1.76. The number of hydrogen-bond donors (Lipinski definition) is 2. The average molecular weight is 385 g/mol. The maximum absolute atomic E-state index is 12.6. The van der Waals surface area contributed by atoms with Gasteiger partial charge < -0.3 is 10.6 Å². The van der Waals surface area contributed by atoms with Crippen LogP contribution in [0.15, 0.2) is 73.1 Å². The number of hydrogen-bond acceptors (Lipinski definition) is 3. The summed E-state index contributed by atoms with van der Waals surface area (Å²) in [6.45, 7) is 0. The Bertz CT molecular complexity index is 988. The number of pyridine rings is 1. The van der Waals surface area contributed by atoms with E-state index in [4.69, 9.17) is 0 Å². The smallest absolute Gasteiger partial charge is 0.322 e. The Hall–Kier alpha value is -3.68. The minimum Gasteiger partial charge on any atom is -0.322 e. The molecule has 2 N–H and O–H groups in total. The van der Waals surface area contributed by atoms with Crippen molar-refractivity contribution >= 4 is 23.2 Å². The van der Waals surface area contributed by atoms with Gasteiger partial charge in [0.05, 0.1) is 22.4 Å². The minimum atomic E-state index is -4.45. The van der Waals surface area contributed by atoms with E-state index in [1.807, 2.05) is 0 Å². The first-order valence-electron chi connectivity index (χ1n) is 8.13. The molecule has 8 heteroatoms. The van der Waals surface area contributed by atoms with Crippen LogP contribution in [0.3, 0.4) is 0 Å². The number of halogens is 3. The zero-order valence-corrected chi connectivity index (χ0v) is 14.3. The number of nitrogens with one attached hydrogen (secondary N) is 2. The topological polar surface area (TPSA) is 71.1 Å². The van der Waals surface area contributed by atoms with Crippen molar-refractivity contribution in [1.29, 1.82) is 0 Å². The van der Waals surface area contributed by atoms with Crippen LogP contribution in [0.5, 0.6) is 0 Å². The molecule has 0 aliphatic heterocycles. The second kappa shape index (κ2) is 7.91. The molecule has 0 aliphatic rings. The van der Waals surface area contributed by atoms with Gasteiger partial charge in [-0.25, -0.2) is 0 Å². The van der Waals surface area contributed by atoms with E-state index in [9.17, 15) is 22.8 Å². The molecule has 28 heavy (non-hydrogen) atoms. The first-order chi connectivity index (χ1) is 13.3. The number of aromatic nitrogens is 1. The monoisotopic (exact) mass is 385 g/mol. The van der Waals surface area contributed by atoms with Gasteiger partial charge in [0.1, 0.15) is 0 Å². The van der Waals surface area contributed by atoms with Crippen molar-refractivity contribution in [3.63, 3.8) is 0 Å². The van der Waals surface area contributed by atoms with Crippen LogP contribution in [0.1, 0.15) is 26.3 Å². The SMILES string of the molecule is O=C(Nc1ccccc1C(=O)Nc1ccc(C(F)(F)F)cc1)c1cccnc1. The lowest BCUT2D eigenvalue weighted by Gasteiger charge is -2.12. The predicted octanol–water partition coefficient (Wildman–Crippen LogP) is 4.61. The highest BCUT2D eigenvalue weighted by atomic mass is 19.4. The summed E-state index contributed by atoms with van der Waals surface area (Å²) in [6.07, 6.45) is -1.53. The van der Waals surface area contributed by atoms with Crippen molar-refractivity contribution in [3.8, 4) is 0 Å². The molecule has 3 aromatic rings. The minimum absolute atomic E-state index is 0.166. The molecule has 0 unspecified atom stereocenters. The van der Waals surface area contributed by atoms with E-state index in [1.165, 1.54) is 18.5 Å². The van der Waals surface area contributed by atoms with E-state index in [0.717, 1.165) is 24.3 Å². The summed E-state index contributed by atoms with van der Waals surface area (Å²) in [4.78, 5) is 28.7. The Morgan fingerprint density at radius 3 is 2.18 bits per heavy atom. The number of anilines is 2. The standard InChI is InChI=1S/C20H14F3N3O2/c21-20(22,23)14-7-9-15(10-8-14)25-19(28)16-5-1-2-6-17(16)26-18(27)13-4-3-11-24-12-13/h1-12H,(H,25,28)(H,26,27). The van der Waals surface area contributed by atoms with Gasteiger partial charge in [0, 0.05) is 18.1 Å². The average Bonchev–Trinajstić information content (AvgIpc) is 2.68. The molecule has 142 valence electrons. The van der Waals surface area contributed by atoms with Crippen LogP contribution >= 0.6 is 0 Å².